The maximum Gasteiger partial charge on any atom is 0.410 e. The second kappa shape index (κ2) is 28.1. The van der Waals surface area contributed by atoms with Gasteiger partial charge in [0.15, 0.2) is 30.4 Å². The number of nitrogens with one attached hydrogen (secondary N) is 3. The highest BCUT2D eigenvalue weighted by Crippen LogP contribution is 2.52. The smallest absolute Gasteiger partial charge is 0.410 e. The standard InChI is InChI=1S/C68H77N9O18/c1-36-29-46(72-63(86)45(30-38-11-6-4-7-12-38)71-49(78)15-8-5-9-22-76-51(80)20-21-52(76)81)65(88)77(36)34-50(79)70-41-18-16-39(17-19-41)35-92-68(89)74-25-23-73(24-26-74)64(87)40-31-43-55(61(85)57-56(59(43)83)58(82)42-13-10-14-44(69)54(42)60(57)84)48(32-40)94-53-33-47-62(37(2)93-53)95-66-67(90-3)91-28-27-75(47)66/h4,6-7,10-14,16-21,36-37,40,45-48,53,62,66-67,83,85H,5,8-9,15,22-35,69H2,1-3H3,(H,70,79)(H,71,78)(H,72,86)/t36?,37-,40+,45-,46-,47-,48-,53?,62+,66+,67-/m0/s1. The van der Waals surface area contributed by atoms with E-state index in [9.17, 15) is 58.2 Å². The van der Waals surface area contributed by atoms with Gasteiger partial charge >= 0.3 is 6.09 Å². The van der Waals surface area contributed by atoms with Crippen LogP contribution in [0.5, 0.6) is 11.5 Å². The number of unbranched alkanes of at least 4 members (excludes halogenated alkanes) is 2. The lowest BCUT2D eigenvalue weighted by molar-refractivity contribution is -0.254. The molecule has 0 saturated carbocycles. The van der Waals surface area contributed by atoms with E-state index in [-0.39, 0.29) is 147 Å². The van der Waals surface area contributed by atoms with Crippen molar-refractivity contribution in [3.05, 3.63) is 129 Å². The molecule has 5 fully saturated rings. The summed E-state index contributed by atoms with van der Waals surface area (Å²) in [5.41, 5.74) is 7.30. The fraction of sp³-hybridized carbons (Fsp3) is 0.471. The number of aromatic hydroxyl groups is 2. The molecule has 6 heterocycles. The van der Waals surface area contributed by atoms with Gasteiger partial charge in [-0.1, -0.05) is 61.0 Å². The van der Waals surface area contributed by atoms with Gasteiger partial charge in [0.05, 0.1) is 35.5 Å². The predicted molar refractivity (Wildman–Crippen MR) is 336 cm³/mol. The average molecular weight is 1310 g/mol. The summed E-state index contributed by atoms with van der Waals surface area (Å²) in [7, 11) is 1.55. The van der Waals surface area contributed by atoms with Crippen molar-refractivity contribution in [2.24, 2.45) is 5.92 Å². The molecule has 7 N–H and O–H groups in total. The number of amides is 8. The molecular formula is C68H77N9O18. The number of nitrogen functional groups attached to an aromatic ring is 1. The predicted octanol–water partition coefficient (Wildman–Crippen LogP) is 3.35. The number of anilines is 2. The second-order valence-electron chi connectivity index (χ2n) is 25.3. The lowest BCUT2D eigenvalue weighted by Crippen LogP contribution is -2.55. The number of nitrogens with zero attached hydrogens (tertiary/aromatic N) is 5. The molecule has 502 valence electrons. The normalized spacial score (nSPS) is 25.7. The highest BCUT2D eigenvalue weighted by atomic mass is 16.7. The lowest BCUT2D eigenvalue weighted by Gasteiger charge is -2.42. The van der Waals surface area contributed by atoms with E-state index in [4.69, 9.17) is 34.2 Å². The number of piperazine rings is 1. The van der Waals surface area contributed by atoms with E-state index in [1.54, 1.807) is 43.2 Å². The van der Waals surface area contributed by atoms with Gasteiger partial charge in [0, 0.05) is 124 Å². The van der Waals surface area contributed by atoms with Gasteiger partial charge in [-0.2, -0.15) is 0 Å². The van der Waals surface area contributed by atoms with Crippen LogP contribution in [0.3, 0.4) is 0 Å². The van der Waals surface area contributed by atoms with Crippen LogP contribution in [0.2, 0.25) is 0 Å². The number of phenolic OH excluding ortho intramolecular Hbond substituents is 2. The Morgan fingerprint density at radius 2 is 1.48 bits per heavy atom. The van der Waals surface area contributed by atoms with Crippen molar-refractivity contribution in [1.82, 2.24) is 35.1 Å². The number of likely N-dealkylation sites (tertiary alicyclic amines) is 1. The van der Waals surface area contributed by atoms with Crippen LogP contribution in [0.4, 0.5) is 16.2 Å². The third-order valence-electron chi connectivity index (χ3n) is 19.2. The van der Waals surface area contributed by atoms with E-state index in [0.29, 0.717) is 50.1 Å². The Balaban J connectivity index is 0.625. The first kappa shape index (κ1) is 65.9. The molecule has 0 aromatic heterocycles. The van der Waals surface area contributed by atoms with Gasteiger partial charge in [-0.25, -0.2) is 4.79 Å². The van der Waals surface area contributed by atoms with Crippen LogP contribution >= 0.6 is 0 Å². The molecule has 8 amide bonds. The van der Waals surface area contributed by atoms with Crippen molar-refractivity contribution in [3.8, 4) is 11.5 Å². The number of carbonyl (C=O) groups excluding carboxylic acids is 10. The molecular weight excluding hydrogens is 1230 g/mol. The molecule has 12 rings (SSSR count). The summed E-state index contributed by atoms with van der Waals surface area (Å²) >= 11 is 0. The van der Waals surface area contributed by atoms with E-state index in [2.05, 4.69) is 20.9 Å². The minimum atomic E-state index is -1.12. The fourth-order valence-electron chi connectivity index (χ4n) is 14.3. The molecule has 27 heteroatoms. The number of hydrogen-bond donors (Lipinski definition) is 6. The van der Waals surface area contributed by atoms with Crippen molar-refractivity contribution < 1.29 is 86.6 Å². The number of methoxy groups -OCH3 is 1. The number of nitrogens with two attached hydrogens (primary N) is 1. The van der Waals surface area contributed by atoms with E-state index >= 15 is 0 Å². The van der Waals surface area contributed by atoms with Crippen molar-refractivity contribution in [1.29, 1.82) is 0 Å². The van der Waals surface area contributed by atoms with Crippen molar-refractivity contribution in [2.75, 3.05) is 70.6 Å². The summed E-state index contributed by atoms with van der Waals surface area (Å²) in [6, 6.07) is 17.6. The van der Waals surface area contributed by atoms with Gasteiger partial charge in [0.2, 0.25) is 29.5 Å². The van der Waals surface area contributed by atoms with Gasteiger partial charge in [0.1, 0.15) is 42.8 Å². The highest BCUT2D eigenvalue weighted by Gasteiger charge is 2.55. The maximum atomic E-state index is 14.7. The third-order valence-corrected chi connectivity index (χ3v) is 19.2. The molecule has 0 radical (unpaired) electrons. The van der Waals surface area contributed by atoms with Gasteiger partial charge in [0.25, 0.3) is 11.8 Å². The Kier molecular flexibility index (Phi) is 19.5. The van der Waals surface area contributed by atoms with Gasteiger partial charge in [-0.3, -0.25) is 53.0 Å². The molecule has 0 spiro atoms. The number of morpholine rings is 1. The van der Waals surface area contributed by atoms with E-state index in [1.807, 2.05) is 37.3 Å². The molecule has 11 atom stereocenters. The molecule has 95 heavy (non-hydrogen) atoms. The number of fused-ring (bicyclic) bond motifs is 6. The molecule has 2 aliphatic carbocycles. The summed E-state index contributed by atoms with van der Waals surface area (Å²) in [5, 5.41) is 32.8. The van der Waals surface area contributed by atoms with Crippen LogP contribution in [-0.4, -0.2) is 208 Å². The molecule has 6 aliphatic heterocycles. The van der Waals surface area contributed by atoms with Crippen LogP contribution in [0.1, 0.15) is 119 Å². The van der Waals surface area contributed by atoms with Gasteiger partial charge in [-0.05, 0) is 75.3 Å². The summed E-state index contributed by atoms with van der Waals surface area (Å²) in [4.78, 5) is 142. The van der Waals surface area contributed by atoms with Crippen LogP contribution in [0.25, 0.3) is 0 Å². The Morgan fingerprint density at radius 1 is 0.758 bits per heavy atom. The van der Waals surface area contributed by atoms with Crippen molar-refractivity contribution in [3.63, 3.8) is 0 Å². The highest BCUT2D eigenvalue weighted by molar-refractivity contribution is 6.32. The first-order valence-electron chi connectivity index (χ1n) is 32.3. The Hall–Kier alpha value is -9.12. The number of rotatable bonds is 20. The summed E-state index contributed by atoms with van der Waals surface area (Å²) in [6.07, 6.45) is 0.0759. The zero-order chi connectivity index (χ0) is 66.9. The quantitative estimate of drug-likeness (QED) is 0.0282. The van der Waals surface area contributed by atoms with E-state index in [1.165, 1.54) is 40.2 Å². The zero-order valence-electron chi connectivity index (χ0n) is 52.9. The number of hydrogen-bond acceptors (Lipinski definition) is 20. The van der Waals surface area contributed by atoms with Crippen molar-refractivity contribution >= 4 is 70.4 Å². The Bertz CT molecular complexity index is 3710. The summed E-state index contributed by atoms with van der Waals surface area (Å²) < 4.78 is 36.7. The largest absolute Gasteiger partial charge is 0.507 e. The SMILES string of the molecule is CO[C@H]1OCCN2[C@@H]1O[C@@H]1[C@H](C)OC(O[C@H]3C[C@H](C(=O)N4CCN(C(=O)OCc5ccc(NC(=O)CN6C(=O)[C@@H](NC(=O)[C@H](Cc7ccccc7)NC(=O)CCCCCN7C(=O)C=CC7=O)CC6C)cc5)CC4)Cc4c(O)c5c(c(O)c43)C(=O)c3c(N)cccc3C5=O)C[C@@H]12. The maximum absolute atomic E-state index is 14.7. The van der Waals surface area contributed by atoms with Crippen LogP contribution < -0.4 is 21.7 Å². The topological polar surface area (TPSA) is 345 Å². The monoisotopic (exact) mass is 1310 g/mol. The van der Waals surface area contributed by atoms with Gasteiger partial charge in [-0.15, -0.1) is 0 Å². The number of benzene rings is 4. The molecule has 4 aromatic carbocycles. The van der Waals surface area contributed by atoms with E-state index in [0.717, 1.165) is 10.5 Å². The minimum absolute atomic E-state index is 0.00500. The number of phenols is 2. The average Bonchev–Trinajstić information content (AvgIpc) is 1.69. The van der Waals surface area contributed by atoms with Crippen LogP contribution in [-0.2, 0) is 81.4 Å². The first-order chi connectivity index (χ1) is 45.7. The Morgan fingerprint density at radius 3 is 2.22 bits per heavy atom. The molecule has 2 unspecified atom stereocenters. The number of ether oxygens (including phenoxy) is 6. The third kappa shape index (κ3) is 13.6. The summed E-state index contributed by atoms with van der Waals surface area (Å²) in [5.74, 6) is -6.32. The van der Waals surface area contributed by atoms with E-state index < -0.39 is 108 Å². The first-order valence-corrected chi connectivity index (χ1v) is 32.3. The van der Waals surface area contributed by atoms with Crippen LogP contribution in [0, 0.1) is 5.92 Å². The molecule has 8 aliphatic rings. The number of ketones is 2. The van der Waals surface area contributed by atoms with Gasteiger partial charge < -0.3 is 75.0 Å². The fourth-order valence-corrected chi connectivity index (χ4v) is 14.3. The Labute approximate surface area is 547 Å². The van der Waals surface area contributed by atoms with Crippen molar-refractivity contribution in [2.45, 2.75) is 140 Å². The number of imide groups is 1. The molecule has 0 bridgehead atoms. The minimum Gasteiger partial charge on any atom is -0.507 e. The molecule has 27 nitrogen and oxygen atoms in total. The van der Waals surface area contributed by atoms with Crippen LogP contribution in [0.15, 0.2) is 84.9 Å². The molecule has 5 saturated heterocycles. The summed E-state index contributed by atoms with van der Waals surface area (Å²) in [6.45, 7) is 4.93. The number of carbonyl (C=O) groups is 10. The lowest BCUT2D eigenvalue weighted by atomic mass is 9.74. The second-order valence-corrected chi connectivity index (χ2v) is 25.3. The molecule has 4 aromatic rings. The zero-order valence-corrected chi connectivity index (χ0v) is 52.9.